The monoisotopic (exact) mass is 268 g/mol. The topological polar surface area (TPSA) is 38.1 Å². The van der Waals surface area contributed by atoms with E-state index in [0.717, 1.165) is 23.2 Å². The van der Waals surface area contributed by atoms with Crippen LogP contribution in [-0.2, 0) is 0 Å². The number of thioether (sulfide) groups is 1. The highest BCUT2D eigenvalue weighted by Crippen LogP contribution is 2.34. The Morgan fingerprint density at radius 1 is 1.33 bits per heavy atom. The van der Waals surface area contributed by atoms with Crippen LogP contribution in [0.25, 0.3) is 0 Å². The Kier molecular flexibility index (Phi) is 5.13. The maximum atomic E-state index is 5.69. The van der Waals surface area contributed by atoms with Crippen LogP contribution in [-0.4, -0.2) is 22.8 Å². The van der Waals surface area contributed by atoms with Gasteiger partial charge in [0.25, 0.3) is 5.22 Å². The smallest absolute Gasteiger partial charge is 0.256 e. The van der Waals surface area contributed by atoms with Gasteiger partial charge in [-0.25, -0.2) is 4.98 Å². The van der Waals surface area contributed by atoms with Gasteiger partial charge in [0.05, 0.1) is 5.69 Å². The summed E-state index contributed by atoms with van der Waals surface area (Å²) in [6.07, 6.45) is 6.44. The van der Waals surface area contributed by atoms with Gasteiger partial charge in [-0.3, -0.25) is 0 Å². The predicted molar refractivity (Wildman–Crippen MR) is 76.2 cm³/mol. The van der Waals surface area contributed by atoms with E-state index in [1.807, 2.05) is 25.6 Å². The number of aryl methyl sites for hydroxylation is 2. The lowest BCUT2D eigenvalue weighted by Gasteiger charge is -2.30. The highest BCUT2D eigenvalue weighted by atomic mass is 32.2. The first-order chi connectivity index (χ1) is 8.70. The number of rotatable bonds is 5. The van der Waals surface area contributed by atoms with Gasteiger partial charge in [-0.1, -0.05) is 31.5 Å². The van der Waals surface area contributed by atoms with Crippen LogP contribution in [0.4, 0.5) is 0 Å². The predicted octanol–water partition coefficient (Wildman–Crippen LogP) is 3.69. The fourth-order valence-corrected chi connectivity index (χ4v) is 3.73. The summed E-state index contributed by atoms with van der Waals surface area (Å²) >= 11 is 1.82. The van der Waals surface area contributed by atoms with Crippen molar-refractivity contribution in [2.45, 2.75) is 69.4 Å². The standard InChI is InChI=1S/C14H24N2OS/c1-4-9-15-12-7-5-6-8-13(12)18-14-16-10(2)11(3)17-14/h12-13,15H,4-9H2,1-3H3. The molecule has 102 valence electrons. The Labute approximate surface area is 114 Å². The Morgan fingerprint density at radius 2 is 2.11 bits per heavy atom. The van der Waals surface area contributed by atoms with Crippen molar-refractivity contribution in [1.29, 1.82) is 0 Å². The first-order valence-electron chi connectivity index (χ1n) is 7.04. The highest BCUT2D eigenvalue weighted by Gasteiger charge is 2.27. The molecular weight excluding hydrogens is 244 g/mol. The number of oxazole rings is 1. The Hall–Kier alpha value is -0.480. The Bertz CT molecular complexity index is 358. The molecule has 0 aromatic carbocycles. The summed E-state index contributed by atoms with van der Waals surface area (Å²) in [5.41, 5.74) is 1.02. The van der Waals surface area contributed by atoms with Crippen molar-refractivity contribution in [3.05, 3.63) is 11.5 Å². The average molecular weight is 268 g/mol. The van der Waals surface area contributed by atoms with Crippen molar-refractivity contribution in [1.82, 2.24) is 10.3 Å². The zero-order valence-electron chi connectivity index (χ0n) is 11.7. The van der Waals surface area contributed by atoms with Gasteiger partial charge >= 0.3 is 0 Å². The summed E-state index contributed by atoms with van der Waals surface area (Å²) in [5, 5.41) is 5.13. The maximum Gasteiger partial charge on any atom is 0.256 e. The Morgan fingerprint density at radius 3 is 2.78 bits per heavy atom. The molecule has 1 aromatic rings. The van der Waals surface area contributed by atoms with E-state index in [-0.39, 0.29) is 0 Å². The van der Waals surface area contributed by atoms with Crippen LogP contribution < -0.4 is 5.32 Å². The summed E-state index contributed by atoms with van der Waals surface area (Å²) in [6, 6.07) is 0.621. The summed E-state index contributed by atoms with van der Waals surface area (Å²) < 4.78 is 5.69. The lowest BCUT2D eigenvalue weighted by molar-refractivity contribution is 0.378. The number of aromatic nitrogens is 1. The van der Waals surface area contributed by atoms with Crippen LogP contribution >= 0.6 is 11.8 Å². The van der Waals surface area contributed by atoms with E-state index in [4.69, 9.17) is 4.42 Å². The van der Waals surface area contributed by atoms with Crippen LogP contribution in [0.15, 0.2) is 9.64 Å². The van der Waals surface area contributed by atoms with Crippen LogP contribution in [0.1, 0.15) is 50.5 Å². The molecule has 0 radical (unpaired) electrons. The molecule has 1 aliphatic rings. The summed E-state index contributed by atoms with van der Waals surface area (Å²) in [5.74, 6) is 0.950. The van der Waals surface area contributed by atoms with E-state index in [1.54, 1.807) is 0 Å². The third-order valence-electron chi connectivity index (χ3n) is 3.62. The maximum absolute atomic E-state index is 5.69. The van der Waals surface area contributed by atoms with E-state index in [0.29, 0.717) is 11.3 Å². The van der Waals surface area contributed by atoms with Crippen molar-refractivity contribution in [3.8, 4) is 0 Å². The number of nitrogens with one attached hydrogen (secondary N) is 1. The Balaban J connectivity index is 1.96. The minimum Gasteiger partial charge on any atom is -0.437 e. The molecule has 2 unspecified atom stereocenters. The lowest BCUT2D eigenvalue weighted by atomic mass is 9.95. The molecule has 3 nitrogen and oxygen atoms in total. The second-order valence-corrected chi connectivity index (χ2v) is 6.31. The van der Waals surface area contributed by atoms with Gasteiger partial charge in [-0.15, -0.1) is 0 Å². The molecule has 18 heavy (non-hydrogen) atoms. The van der Waals surface area contributed by atoms with Gasteiger partial charge in [0.1, 0.15) is 5.76 Å². The van der Waals surface area contributed by atoms with Crippen molar-refractivity contribution in [3.63, 3.8) is 0 Å². The van der Waals surface area contributed by atoms with Crippen LogP contribution in [0.2, 0.25) is 0 Å². The molecule has 2 rings (SSSR count). The molecule has 1 aliphatic carbocycles. The first kappa shape index (κ1) is 13.9. The van der Waals surface area contributed by atoms with E-state index in [1.165, 1.54) is 32.1 Å². The van der Waals surface area contributed by atoms with Gasteiger partial charge in [-0.2, -0.15) is 0 Å². The molecule has 1 saturated carbocycles. The van der Waals surface area contributed by atoms with Gasteiger partial charge < -0.3 is 9.73 Å². The minimum absolute atomic E-state index is 0.614. The third-order valence-corrected chi connectivity index (χ3v) is 4.86. The fraction of sp³-hybridized carbons (Fsp3) is 0.786. The van der Waals surface area contributed by atoms with Gasteiger partial charge in [-0.05, 0) is 39.7 Å². The fourth-order valence-electron chi connectivity index (χ4n) is 2.42. The second kappa shape index (κ2) is 6.62. The molecule has 1 fully saturated rings. The van der Waals surface area contributed by atoms with E-state index in [9.17, 15) is 0 Å². The quantitative estimate of drug-likeness (QED) is 0.883. The van der Waals surface area contributed by atoms with E-state index >= 15 is 0 Å². The third kappa shape index (κ3) is 3.51. The zero-order chi connectivity index (χ0) is 13.0. The molecule has 1 N–H and O–H groups in total. The molecule has 1 aromatic heterocycles. The van der Waals surface area contributed by atoms with Crippen molar-refractivity contribution < 1.29 is 4.42 Å². The molecule has 0 saturated heterocycles. The van der Waals surface area contributed by atoms with Crippen molar-refractivity contribution in [2.24, 2.45) is 0 Å². The molecule has 1 heterocycles. The summed E-state index contributed by atoms with van der Waals surface area (Å²) in [4.78, 5) is 4.49. The lowest BCUT2D eigenvalue weighted by Crippen LogP contribution is -2.40. The van der Waals surface area contributed by atoms with Gasteiger partial charge in [0.2, 0.25) is 0 Å². The molecule has 0 spiro atoms. The second-order valence-electron chi connectivity index (χ2n) is 5.12. The number of hydrogen-bond donors (Lipinski definition) is 1. The normalized spacial score (nSPS) is 24.4. The average Bonchev–Trinajstić information content (AvgIpc) is 2.67. The van der Waals surface area contributed by atoms with Gasteiger partial charge in [0, 0.05) is 11.3 Å². The van der Waals surface area contributed by atoms with E-state index in [2.05, 4.69) is 17.2 Å². The first-order valence-corrected chi connectivity index (χ1v) is 7.92. The SMILES string of the molecule is CCCNC1CCCCC1Sc1nc(C)c(C)o1. The van der Waals surface area contributed by atoms with Crippen LogP contribution in [0.5, 0.6) is 0 Å². The van der Waals surface area contributed by atoms with Crippen molar-refractivity contribution >= 4 is 11.8 Å². The largest absolute Gasteiger partial charge is 0.437 e. The summed E-state index contributed by atoms with van der Waals surface area (Å²) in [6.45, 7) is 7.33. The summed E-state index contributed by atoms with van der Waals surface area (Å²) in [7, 11) is 0. The minimum atomic E-state index is 0.614. The molecular formula is C14H24N2OS. The number of hydrogen-bond acceptors (Lipinski definition) is 4. The van der Waals surface area contributed by atoms with Crippen LogP contribution in [0.3, 0.4) is 0 Å². The highest BCUT2D eigenvalue weighted by molar-refractivity contribution is 7.99. The number of nitrogens with zero attached hydrogens (tertiary/aromatic N) is 1. The van der Waals surface area contributed by atoms with E-state index < -0.39 is 0 Å². The van der Waals surface area contributed by atoms with Crippen molar-refractivity contribution in [2.75, 3.05) is 6.54 Å². The molecule has 0 aliphatic heterocycles. The molecule has 0 bridgehead atoms. The molecule has 2 atom stereocenters. The molecule has 4 heteroatoms. The zero-order valence-corrected chi connectivity index (χ0v) is 12.5. The molecule has 0 amide bonds. The van der Waals surface area contributed by atoms with Crippen LogP contribution in [0, 0.1) is 13.8 Å². The van der Waals surface area contributed by atoms with Gasteiger partial charge in [0.15, 0.2) is 0 Å².